The predicted molar refractivity (Wildman–Crippen MR) is 203 cm³/mol. The van der Waals surface area contributed by atoms with Gasteiger partial charge in [-0.3, -0.25) is 0 Å². The monoisotopic (exact) mass is 636 g/mol. The number of hydrogen-bond donors (Lipinski definition) is 1. The van der Waals surface area contributed by atoms with Gasteiger partial charge in [0, 0.05) is 17.3 Å². The highest BCUT2D eigenvalue weighted by atomic mass is 35.5. The van der Waals surface area contributed by atoms with Gasteiger partial charge in [-0.05, 0) is 90.3 Å². The Bertz CT molecular complexity index is 1630. The maximum absolute atomic E-state index is 6.78. The Kier molecular flexibility index (Phi) is 9.46. The SMILES string of the molecule is CC(C)(C)c1ccc(C(C)(C)C)c(-c2cc(C(C)(C)C)cc(-c3cc(C(C)(C)C)ccc3C(C)(C)C)c2Nc2cccnc2Cl)c1. The lowest BCUT2D eigenvalue weighted by Gasteiger charge is -2.32. The molecule has 0 aliphatic heterocycles. The number of pyridine rings is 1. The minimum Gasteiger partial charge on any atom is -0.352 e. The molecule has 0 fully saturated rings. The molecule has 1 N–H and O–H groups in total. The third-order valence-electron chi connectivity index (χ3n) is 8.99. The first-order chi connectivity index (χ1) is 20.9. The highest BCUT2D eigenvalue weighted by Gasteiger charge is 2.30. The zero-order chi connectivity index (χ0) is 34.6. The van der Waals surface area contributed by atoms with E-state index in [1.807, 2.05) is 12.1 Å². The fourth-order valence-electron chi connectivity index (χ4n) is 6.02. The Balaban J connectivity index is 2.30. The first-order valence-electron chi connectivity index (χ1n) is 16.8. The van der Waals surface area contributed by atoms with E-state index in [2.05, 4.69) is 163 Å². The normalized spacial score (nSPS) is 13.2. The number of halogens is 1. The van der Waals surface area contributed by atoms with Crippen LogP contribution in [0.3, 0.4) is 0 Å². The lowest BCUT2D eigenvalue weighted by atomic mass is 9.74. The van der Waals surface area contributed by atoms with E-state index in [9.17, 15) is 0 Å². The van der Waals surface area contributed by atoms with E-state index in [0.717, 1.165) is 11.4 Å². The maximum atomic E-state index is 6.78. The highest BCUT2D eigenvalue weighted by Crippen LogP contribution is 2.49. The van der Waals surface area contributed by atoms with Crippen LogP contribution in [0.2, 0.25) is 5.15 Å². The van der Waals surface area contributed by atoms with E-state index < -0.39 is 0 Å². The van der Waals surface area contributed by atoms with Crippen LogP contribution in [0, 0.1) is 0 Å². The molecule has 0 bridgehead atoms. The van der Waals surface area contributed by atoms with Crippen LogP contribution >= 0.6 is 11.6 Å². The molecule has 0 saturated carbocycles. The van der Waals surface area contributed by atoms with Crippen molar-refractivity contribution in [3.63, 3.8) is 0 Å². The van der Waals surface area contributed by atoms with Gasteiger partial charge in [0.25, 0.3) is 0 Å². The van der Waals surface area contributed by atoms with E-state index in [4.69, 9.17) is 11.6 Å². The van der Waals surface area contributed by atoms with E-state index in [1.54, 1.807) is 6.20 Å². The van der Waals surface area contributed by atoms with Crippen LogP contribution in [-0.4, -0.2) is 4.98 Å². The number of nitrogens with zero attached hydrogens (tertiary/aromatic N) is 1. The van der Waals surface area contributed by atoms with E-state index >= 15 is 0 Å². The second kappa shape index (κ2) is 12.2. The van der Waals surface area contributed by atoms with Crippen molar-refractivity contribution in [1.82, 2.24) is 4.98 Å². The Labute approximate surface area is 285 Å². The number of aromatic nitrogens is 1. The molecule has 0 aliphatic rings. The largest absolute Gasteiger partial charge is 0.352 e. The third-order valence-corrected chi connectivity index (χ3v) is 9.29. The molecule has 0 spiro atoms. The molecule has 0 amide bonds. The van der Waals surface area contributed by atoms with Crippen molar-refractivity contribution in [3.05, 3.63) is 99.8 Å². The standard InChI is InChI=1S/C43H57ClN2/c1-39(2,3)27-18-20-34(42(10,11)12)30(23-27)32-25-29(41(7,8)9)26-33(37(32)46-36-17-16-22-45-38(36)44)31-24-28(40(4,5)6)19-21-35(31)43(13,14)15/h16-26,46H,1-15H3. The maximum Gasteiger partial charge on any atom is 0.152 e. The Morgan fingerprint density at radius 2 is 0.870 bits per heavy atom. The zero-order valence-electron chi connectivity index (χ0n) is 31.2. The number of anilines is 2. The average molecular weight is 637 g/mol. The van der Waals surface area contributed by atoms with Gasteiger partial charge < -0.3 is 5.32 Å². The van der Waals surface area contributed by atoms with Crippen molar-refractivity contribution in [2.24, 2.45) is 0 Å². The van der Waals surface area contributed by atoms with Gasteiger partial charge in [0.05, 0.1) is 11.4 Å². The molecule has 0 radical (unpaired) electrons. The summed E-state index contributed by atoms with van der Waals surface area (Å²) in [6, 6.07) is 23.0. The number of nitrogens with one attached hydrogen (secondary N) is 1. The molecule has 3 heteroatoms. The first kappa shape index (κ1) is 35.7. The molecular weight excluding hydrogens is 580 g/mol. The summed E-state index contributed by atoms with van der Waals surface area (Å²) in [4.78, 5) is 4.45. The fourth-order valence-corrected chi connectivity index (χ4v) is 6.19. The van der Waals surface area contributed by atoms with Crippen LogP contribution in [0.1, 0.15) is 132 Å². The summed E-state index contributed by atoms with van der Waals surface area (Å²) >= 11 is 6.78. The van der Waals surface area contributed by atoms with Crippen molar-refractivity contribution >= 4 is 23.0 Å². The Hall–Kier alpha value is -3.10. The predicted octanol–water partition coefficient (Wildman–Crippen LogP) is 13.3. The van der Waals surface area contributed by atoms with Crippen LogP contribution in [-0.2, 0) is 27.1 Å². The first-order valence-corrected chi connectivity index (χ1v) is 17.1. The lowest BCUT2D eigenvalue weighted by molar-refractivity contribution is 0.577. The lowest BCUT2D eigenvalue weighted by Crippen LogP contribution is -2.18. The zero-order valence-corrected chi connectivity index (χ0v) is 31.9. The van der Waals surface area contributed by atoms with Gasteiger partial charge in [-0.1, -0.05) is 152 Å². The molecular formula is C43H57ClN2. The van der Waals surface area contributed by atoms with Gasteiger partial charge in [0.1, 0.15) is 0 Å². The van der Waals surface area contributed by atoms with Gasteiger partial charge in [0.15, 0.2) is 5.15 Å². The van der Waals surface area contributed by atoms with Gasteiger partial charge in [0.2, 0.25) is 0 Å². The van der Waals surface area contributed by atoms with Crippen molar-refractivity contribution < 1.29 is 0 Å². The molecule has 0 unspecified atom stereocenters. The summed E-state index contributed by atoms with van der Waals surface area (Å²) in [6.45, 7) is 34.6. The molecule has 46 heavy (non-hydrogen) atoms. The Morgan fingerprint density at radius 3 is 1.22 bits per heavy atom. The molecule has 4 rings (SSSR count). The second-order valence-corrected chi connectivity index (χ2v) is 18.5. The molecule has 0 saturated heterocycles. The van der Waals surface area contributed by atoms with Gasteiger partial charge in [-0.25, -0.2) is 4.98 Å². The van der Waals surface area contributed by atoms with Crippen LogP contribution < -0.4 is 5.32 Å². The van der Waals surface area contributed by atoms with Crippen LogP contribution in [0.25, 0.3) is 22.3 Å². The van der Waals surface area contributed by atoms with Crippen molar-refractivity contribution in [2.75, 3.05) is 5.32 Å². The number of hydrogen-bond acceptors (Lipinski definition) is 2. The molecule has 0 atom stereocenters. The molecule has 3 aromatic carbocycles. The molecule has 0 aliphatic carbocycles. The van der Waals surface area contributed by atoms with Crippen molar-refractivity contribution in [2.45, 2.75) is 131 Å². The molecule has 4 aromatic rings. The molecule has 1 aromatic heterocycles. The van der Waals surface area contributed by atoms with Gasteiger partial charge >= 0.3 is 0 Å². The topological polar surface area (TPSA) is 24.9 Å². The smallest absolute Gasteiger partial charge is 0.152 e. The van der Waals surface area contributed by atoms with E-state index in [-0.39, 0.29) is 27.1 Å². The third kappa shape index (κ3) is 7.71. The van der Waals surface area contributed by atoms with E-state index in [1.165, 1.54) is 50.1 Å². The second-order valence-electron chi connectivity index (χ2n) is 18.2. The quantitative estimate of drug-likeness (QED) is 0.225. The van der Waals surface area contributed by atoms with Crippen molar-refractivity contribution in [1.29, 1.82) is 0 Å². The number of rotatable bonds is 4. The van der Waals surface area contributed by atoms with Gasteiger partial charge in [-0.2, -0.15) is 0 Å². The Morgan fingerprint density at radius 1 is 0.478 bits per heavy atom. The minimum atomic E-state index is -0.0823. The summed E-state index contributed by atoms with van der Waals surface area (Å²) in [5.74, 6) is 0. The number of benzene rings is 3. The minimum absolute atomic E-state index is 0.00364. The summed E-state index contributed by atoms with van der Waals surface area (Å²) in [7, 11) is 0. The molecule has 1 heterocycles. The summed E-state index contributed by atoms with van der Waals surface area (Å²) in [5.41, 5.74) is 13.0. The van der Waals surface area contributed by atoms with E-state index in [0.29, 0.717) is 5.15 Å². The summed E-state index contributed by atoms with van der Waals surface area (Å²) in [6.07, 6.45) is 1.74. The summed E-state index contributed by atoms with van der Waals surface area (Å²) < 4.78 is 0. The molecule has 246 valence electrons. The average Bonchev–Trinajstić information content (AvgIpc) is 2.91. The fraction of sp³-hybridized carbons (Fsp3) is 0.465. The van der Waals surface area contributed by atoms with Crippen LogP contribution in [0.15, 0.2) is 66.9 Å². The van der Waals surface area contributed by atoms with Crippen LogP contribution in [0.4, 0.5) is 11.4 Å². The summed E-state index contributed by atoms with van der Waals surface area (Å²) in [5, 5.41) is 4.32. The van der Waals surface area contributed by atoms with Gasteiger partial charge in [-0.15, -0.1) is 0 Å². The highest BCUT2D eigenvalue weighted by molar-refractivity contribution is 6.32. The molecule has 2 nitrogen and oxygen atoms in total. The van der Waals surface area contributed by atoms with Crippen molar-refractivity contribution in [3.8, 4) is 22.3 Å². The van der Waals surface area contributed by atoms with Crippen LogP contribution in [0.5, 0.6) is 0 Å².